The van der Waals surface area contributed by atoms with Crippen molar-refractivity contribution in [2.45, 2.75) is 46.1 Å². The molecule has 2 aromatic heterocycles. The summed E-state index contributed by atoms with van der Waals surface area (Å²) in [5, 5.41) is 4.62. The van der Waals surface area contributed by atoms with Crippen LogP contribution in [-0.2, 0) is 0 Å². The van der Waals surface area contributed by atoms with Crippen LogP contribution in [0.4, 0.5) is 5.82 Å². The average Bonchev–Trinajstić information content (AvgIpc) is 3.05. The molecule has 1 aliphatic heterocycles. The molecule has 0 amide bonds. The van der Waals surface area contributed by atoms with Crippen LogP contribution in [0.15, 0.2) is 18.5 Å². The second-order valence-electron chi connectivity index (χ2n) is 6.22. The molecule has 0 saturated carbocycles. The minimum atomic E-state index is 0.432. The molecule has 5 heteroatoms. The van der Waals surface area contributed by atoms with Gasteiger partial charge in [0.25, 0.3) is 0 Å². The molecule has 0 radical (unpaired) electrons. The number of aromatic nitrogens is 4. The highest BCUT2D eigenvalue weighted by Crippen LogP contribution is 2.27. The van der Waals surface area contributed by atoms with Gasteiger partial charge < -0.3 is 4.90 Å². The number of hydrogen-bond acceptors (Lipinski definition) is 4. The maximum absolute atomic E-state index is 4.62. The van der Waals surface area contributed by atoms with Crippen molar-refractivity contribution in [1.29, 1.82) is 0 Å². The van der Waals surface area contributed by atoms with Crippen LogP contribution in [0, 0.1) is 13.8 Å². The van der Waals surface area contributed by atoms with Gasteiger partial charge in [0.05, 0.1) is 11.7 Å². The highest BCUT2D eigenvalue weighted by Gasteiger charge is 2.26. The summed E-state index contributed by atoms with van der Waals surface area (Å²) >= 11 is 0. The fourth-order valence-corrected chi connectivity index (χ4v) is 3.02. The van der Waals surface area contributed by atoms with Crippen molar-refractivity contribution in [3.63, 3.8) is 0 Å². The van der Waals surface area contributed by atoms with Gasteiger partial charge >= 0.3 is 0 Å². The molecule has 2 aromatic rings. The lowest BCUT2D eigenvalue weighted by atomic mass is 10.1. The van der Waals surface area contributed by atoms with Crippen molar-refractivity contribution in [3.8, 4) is 0 Å². The fourth-order valence-electron chi connectivity index (χ4n) is 3.02. The number of rotatable bonds is 3. The molecule has 0 N–H and O–H groups in total. The van der Waals surface area contributed by atoms with E-state index in [4.69, 9.17) is 0 Å². The Labute approximate surface area is 126 Å². The maximum Gasteiger partial charge on any atom is 0.132 e. The molecular weight excluding hydrogens is 262 g/mol. The van der Waals surface area contributed by atoms with Gasteiger partial charge in [0, 0.05) is 30.5 Å². The molecule has 1 unspecified atom stereocenters. The first kappa shape index (κ1) is 14.0. The zero-order valence-electron chi connectivity index (χ0n) is 13.2. The second-order valence-corrected chi connectivity index (χ2v) is 6.22. The molecule has 112 valence electrons. The summed E-state index contributed by atoms with van der Waals surface area (Å²) in [5.41, 5.74) is 3.44. The molecule has 0 bridgehead atoms. The first-order valence-corrected chi connectivity index (χ1v) is 7.64. The lowest BCUT2D eigenvalue weighted by Crippen LogP contribution is -2.23. The Balaban J connectivity index is 1.78. The fraction of sp³-hybridized carbons (Fsp3) is 0.562. The van der Waals surface area contributed by atoms with Crippen LogP contribution in [0.3, 0.4) is 0 Å². The average molecular weight is 285 g/mol. The highest BCUT2D eigenvalue weighted by molar-refractivity contribution is 5.41. The van der Waals surface area contributed by atoms with Crippen LogP contribution < -0.4 is 4.90 Å². The minimum Gasteiger partial charge on any atom is -0.354 e. The molecule has 1 fully saturated rings. The Morgan fingerprint density at radius 1 is 1.19 bits per heavy atom. The third-order valence-corrected chi connectivity index (χ3v) is 4.14. The molecule has 1 atom stereocenters. The van der Waals surface area contributed by atoms with Crippen molar-refractivity contribution >= 4 is 5.82 Å². The standard InChI is InChI=1S/C16H23N5/c1-11(2)15-8-16(18-10-17-15)20-6-5-14(9-20)21-13(4)7-12(3)19-21/h7-8,10-11,14H,5-6,9H2,1-4H3. The lowest BCUT2D eigenvalue weighted by Gasteiger charge is -2.19. The molecule has 0 spiro atoms. The summed E-state index contributed by atoms with van der Waals surface area (Å²) in [5.74, 6) is 1.47. The lowest BCUT2D eigenvalue weighted by molar-refractivity contribution is 0.481. The number of nitrogens with zero attached hydrogens (tertiary/aromatic N) is 5. The smallest absolute Gasteiger partial charge is 0.132 e. The van der Waals surface area contributed by atoms with E-state index < -0.39 is 0 Å². The summed E-state index contributed by atoms with van der Waals surface area (Å²) in [6, 6.07) is 4.70. The SMILES string of the molecule is Cc1cc(C)n(C2CCN(c3cc(C(C)C)ncn3)C2)n1. The Bertz CT molecular complexity index is 631. The van der Waals surface area contributed by atoms with E-state index in [0.717, 1.165) is 36.7 Å². The van der Waals surface area contributed by atoms with Gasteiger partial charge in [-0.3, -0.25) is 4.68 Å². The summed E-state index contributed by atoms with van der Waals surface area (Å²) in [6.45, 7) is 10.5. The molecule has 3 rings (SSSR count). The van der Waals surface area contributed by atoms with E-state index in [1.165, 1.54) is 5.69 Å². The zero-order chi connectivity index (χ0) is 15.0. The third-order valence-electron chi connectivity index (χ3n) is 4.14. The van der Waals surface area contributed by atoms with Crippen LogP contribution >= 0.6 is 0 Å². The molecule has 1 saturated heterocycles. The van der Waals surface area contributed by atoms with Crippen molar-refractivity contribution in [2.24, 2.45) is 0 Å². The largest absolute Gasteiger partial charge is 0.354 e. The molecule has 21 heavy (non-hydrogen) atoms. The van der Waals surface area contributed by atoms with Gasteiger partial charge in [-0.05, 0) is 32.3 Å². The molecule has 1 aliphatic rings. The van der Waals surface area contributed by atoms with Crippen LogP contribution in [0.25, 0.3) is 0 Å². The molecular formula is C16H23N5. The van der Waals surface area contributed by atoms with Gasteiger partial charge in [-0.2, -0.15) is 5.10 Å². The molecule has 0 aromatic carbocycles. The first-order chi connectivity index (χ1) is 10.0. The van der Waals surface area contributed by atoms with E-state index in [0.29, 0.717) is 12.0 Å². The quantitative estimate of drug-likeness (QED) is 0.870. The third kappa shape index (κ3) is 2.77. The van der Waals surface area contributed by atoms with Gasteiger partial charge in [-0.15, -0.1) is 0 Å². The molecule has 0 aliphatic carbocycles. The normalized spacial score (nSPS) is 18.7. The Morgan fingerprint density at radius 3 is 2.67 bits per heavy atom. The topological polar surface area (TPSA) is 46.8 Å². The first-order valence-electron chi connectivity index (χ1n) is 7.64. The van der Waals surface area contributed by atoms with E-state index in [1.807, 2.05) is 0 Å². The minimum absolute atomic E-state index is 0.432. The van der Waals surface area contributed by atoms with Crippen molar-refractivity contribution < 1.29 is 0 Å². The van der Waals surface area contributed by atoms with E-state index in [1.54, 1.807) is 6.33 Å². The van der Waals surface area contributed by atoms with Crippen LogP contribution in [-0.4, -0.2) is 32.8 Å². The Hall–Kier alpha value is -1.91. The van der Waals surface area contributed by atoms with Crippen LogP contribution in [0.2, 0.25) is 0 Å². The van der Waals surface area contributed by atoms with Crippen molar-refractivity contribution in [3.05, 3.63) is 35.5 Å². The van der Waals surface area contributed by atoms with Crippen LogP contribution in [0.1, 0.15) is 49.3 Å². The predicted molar refractivity (Wildman–Crippen MR) is 83.7 cm³/mol. The van der Waals surface area contributed by atoms with E-state index >= 15 is 0 Å². The number of hydrogen-bond donors (Lipinski definition) is 0. The highest BCUT2D eigenvalue weighted by atomic mass is 15.3. The summed E-state index contributed by atoms with van der Waals surface area (Å²) in [6.07, 6.45) is 2.80. The summed E-state index contributed by atoms with van der Waals surface area (Å²) in [4.78, 5) is 11.1. The Morgan fingerprint density at radius 2 is 2.00 bits per heavy atom. The van der Waals surface area contributed by atoms with Gasteiger partial charge in [0.1, 0.15) is 12.1 Å². The Kier molecular flexibility index (Phi) is 3.66. The predicted octanol–water partition coefficient (Wildman–Crippen LogP) is 2.86. The van der Waals surface area contributed by atoms with Gasteiger partial charge in [-0.25, -0.2) is 9.97 Å². The number of aryl methyl sites for hydroxylation is 2. The second kappa shape index (κ2) is 5.47. The van der Waals surface area contributed by atoms with Gasteiger partial charge in [0.15, 0.2) is 0 Å². The zero-order valence-corrected chi connectivity index (χ0v) is 13.2. The molecule has 3 heterocycles. The van der Waals surface area contributed by atoms with Crippen molar-refractivity contribution in [2.75, 3.05) is 18.0 Å². The summed E-state index contributed by atoms with van der Waals surface area (Å²) in [7, 11) is 0. The van der Waals surface area contributed by atoms with Crippen molar-refractivity contribution in [1.82, 2.24) is 19.7 Å². The summed E-state index contributed by atoms with van der Waals surface area (Å²) < 4.78 is 2.17. The van der Waals surface area contributed by atoms with Crippen LogP contribution in [0.5, 0.6) is 0 Å². The maximum atomic E-state index is 4.62. The van der Waals surface area contributed by atoms with E-state index in [9.17, 15) is 0 Å². The monoisotopic (exact) mass is 285 g/mol. The van der Waals surface area contributed by atoms with Gasteiger partial charge in [0.2, 0.25) is 0 Å². The molecule has 5 nitrogen and oxygen atoms in total. The number of anilines is 1. The van der Waals surface area contributed by atoms with Gasteiger partial charge in [-0.1, -0.05) is 13.8 Å². The van der Waals surface area contributed by atoms with E-state index in [2.05, 4.69) is 64.5 Å². The van der Waals surface area contributed by atoms with E-state index in [-0.39, 0.29) is 0 Å².